The molecule has 2 rings (SSSR count). The molecule has 0 aromatic heterocycles. The Balaban J connectivity index is 1.54. The van der Waals surface area contributed by atoms with Crippen LogP contribution in [0.5, 0.6) is 0 Å². The Morgan fingerprint density at radius 3 is 2.45 bits per heavy atom. The summed E-state index contributed by atoms with van der Waals surface area (Å²) in [6, 6.07) is 0.395. The summed E-state index contributed by atoms with van der Waals surface area (Å²) in [6.45, 7) is 0.993. The van der Waals surface area contributed by atoms with Crippen molar-refractivity contribution < 1.29 is 14.6 Å². The Kier molecular flexibility index (Phi) is 6.26. The van der Waals surface area contributed by atoms with Gasteiger partial charge in [-0.1, -0.05) is 12.8 Å². The molecule has 0 aliphatic heterocycles. The van der Waals surface area contributed by atoms with Crippen LogP contribution in [0.2, 0.25) is 0 Å². The van der Waals surface area contributed by atoms with Crippen LogP contribution in [-0.4, -0.2) is 42.4 Å². The molecule has 116 valence electrons. The second-order valence-electron chi connectivity index (χ2n) is 6.25. The third kappa shape index (κ3) is 5.04. The standard InChI is InChI=1S/C15H28N2O3/c16-15(19)11-5-7-12(8-6-11)17-9-13(18)10-20-14-3-1-2-4-14/h11-14,17-18H,1-10H2,(H2,16,19). The first-order valence-corrected chi connectivity index (χ1v) is 7.97. The summed E-state index contributed by atoms with van der Waals surface area (Å²) in [7, 11) is 0. The van der Waals surface area contributed by atoms with Crippen molar-refractivity contribution in [3.63, 3.8) is 0 Å². The van der Waals surface area contributed by atoms with E-state index in [0.29, 0.717) is 25.3 Å². The molecule has 0 aromatic carbocycles. The lowest BCUT2D eigenvalue weighted by Gasteiger charge is -2.28. The van der Waals surface area contributed by atoms with Crippen LogP contribution < -0.4 is 11.1 Å². The highest BCUT2D eigenvalue weighted by molar-refractivity contribution is 5.76. The third-order valence-corrected chi connectivity index (χ3v) is 4.60. The van der Waals surface area contributed by atoms with E-state index in [-0.39, 0.29) is 11.8 Å². The Labute approximate surface area is 121 Å². The zero-order valence-corrected chi connectivity index (χ0v) is 12.2. The maximum atomic E-state index is 11.1. The fraction of sp³-hybridized carbons (Fsp3) is 0.933. The van der Waals surface area contributed by atoms with Gasteiger partial charge in [0.15, 0.2) is 0 Å². The molecule has 0 radical (unpaired) electrons. The number of hydrogen-bond acceptors (Lipinski definition) is 4. The Hall–Kier alpha value is -0.650. The van der Waals surface area contributed by atoms with E-state index in [1.165, 1.54) is 12.8 Å². The minimum atomic E-state index is -0.440. The van der Waals surface area contributed by atoms with Crippen molar-refractivity contribution in [2.75, 3.05) is 13.2 Å². The maximum Gasteiger partial charge on any atom is 0.220 e. The molecular formula is C15H28N2O3. The molecule has 1 unspecified atom stereocenters. The van der Waals surface area contributed by atoms with Gasteiger partial charge in [-0.15, -0.1) is 0 Å². The average Bonchev–Trinajstić information content (AvgIpc) is 2.96. The smallest absolute Gasteiger partial charge is 0.220 e. The first-order chi connectivity index (χ1) is 9.65. The van der Waals surface area contributed by atoms with Crippen molar-refractivity contribution in [1.82, 2.24) is 5.32 Å². The molecule has 1 atom stereocenters. The van der Waals surface area contributed by atoms with Gasteiger partial charge in [0.2, 0.25) is 5.91 Å². The van der Waals surface area contributed by atoms with E-state index >= 15 is 0 Å². The van der Waals surface area contributed by atoms with E-state index in [9.17, 15) is 9.90 Å². The predicted molar refractivity (Wildman–Crippen MR) is 77.2 cm³/mol. The van der Waals surface area contributed by atoms with Gasteiger partial charge in [-0.3, -0.25) is 4.79 Å². The third-order valence-electron chi connectivity index (χ3n) is 4.60. The van der Waals surface area contributed by atoms with Crippen LogP contribution in [0, 0.1) is 5.92 Å². The maximum absolute atomic E-state index is 11.1. The van der Waals surface area contributed by atoms with Gasteiger partial charge in [0.25, 0.3) is 0 Å². The number of nitrogens with one attached hydrogen (secondary N) is 1. The molecule has 2 fully saturated rings. The fourth-order valence-electron chi connectivity index (χ4n) is 3.25. The molecule has 0 aromatic rings. The predicted octanol–water partition coefficient (Wildman–Crippen LogP) is 0.940. The zero-order chi connectivity index (χ0) is 14.4. The topological polar surface area (TPSA) is 84.6 Å². The summed E-state index contributed by atoms with van der Waals surface area (Å²) in [5.41, 5.74) is 5.32. The zero-order valence-electron chi connectivity index (χ0n) is 12.2. The fourth-order valence-corrected chi connectivity index (χ4v) is 3.25. The molecule has 0 heterocycles. The number of aliphatic hydroxyl groups is 1. The summed E-state index contributed by atoms with van der Waals surface area (Å²) in [4.78, 5) is 11.1. The molecule has 2 aliphatic rings. The monoisotopic (exact) mass is 284 g/mol. The minimum Gasteiger partial charge on any atom is -0.389 e. The van der Waals surface area contributed by atoms with Crippen LogP contribution in [0.3, 0.4) is 0 Å². The number of carbonyl (C=O) groups excluding carboxylic acids is 1. The van der Waals surface area contributed by atoms with E-state index in [4.69, 9.17) is 10.5 Å². The number of nitrogens with two attached hydrogens (primary N) is 1. The largest absolute Gasteiger partial charge is 0.389 e. The first kappa shape index (κ1) is 15.7. The number of aliphatic hydroxyl groups excluding tert-OH is 1. The highest BCUT2D eigenvalue weighted by Crippen LogP contribution is 2.24. The van der Waals surface area contributed by atoms with Gasteiger partial charge in [0.1, 0.15) is 0 Å². The molecular weight excluding hydrogens is 256 g/mol. The van der Waals surface area contributed by atoms with Gasteiger partial charge in [-0.2, -0.15) is 0 Å². The first-order valence-electron chi connectivity index (χ1n) is 7.97. The summed E-state index contributed by atoms with van der Waals surface area (Å²) >= 11 is 0. The number of carbonyl (C=O) groups is 1. The lowest BCUT2D eigenvalue weighted by Crippen LogP contribution is -2.41. The number of ether oxygens (including phenoxy) is 1. The summed E-state index contributed by atoms with van der Waals surface area (Å²) in [6.07, 6.45) is 8.34. The van der Waals surface area contributed by atoms with Gasteiger partial charge >= 0.3 is 0 Å². The number of primary amides is 1. The molecule has 2 saturated carbocycles. The van der Waals surface area contributed by atoms with Crippen molar-refractivity contribution in [1.29, 1.82) is 0 Å². The van der Waals surface area contributed by atoms with Crippen molar-refractivity contribution in [3.8, 4) is 0 Å². The van der Waals surface area contributed by atoms with E-state index in [0.717, 1.165) is 38.5 Å². The highest BCUT2D eigenvalue weighted by atomic mass is 16.5. The van der Waals surface area contributed by atoms with E-state index < -0.39 is 6.10 Å². The molecule has 5 heteroatoms. The Morgan fingerprint density at radius 1 is 1.20 bits per heavy atom. The molecule has 0 spiro atoms. The number of rotatable bonds is 7. The molecule has 2 aliphatic carbocycles. The Morgan fingerprint density at radius 2 is 1.85 bits per heavy atom. The van der Waals surface area contributed by atoms with Gasteiger partial charge < -0.3 is 20.9 Å². The van der Waals surface area contributed by atoms with E-state index in [1.54, 1.807) is 0 Å². The summed E-state index contributed by atoms with van der Waals surface area (Å²) in [5.74, 6) is -0.128. The van der Waals surface area contributed by atoms with Crippen molar-refractivity contribution >= 4 is 5.91 Å². The molecule has 20 heavy (non-hydrogen) atoms. The van der Waals surface area contributed by atoms with Crippen molar-refractivity contribution in [2.24, 2.45) is 11.7 Å². The highest BCUT2D eigenvalue weighted by Gasteiger charge is 2.25. The lowest BCUT2D eigenvalue weighted by atomic mass is 9.85. The van der Waals surface area contributed by atoms with Crippen molar-refractivity contribution in [2.45, 2.75) is 69.6 Å². The number of amides is 1. The molecule has 0 bridgehead atoms. The number of hydrogen-bond donors (Lipinski definition) is 3. The van der Waals surface area contributed by atoms with Crippen LogP contribution in [0.25, 0.3) is 0 Å². The van der Waals surface area contributed by atoms with Gasteiger partial charge in [0, 0.05) is 18.5 Å². The van der Waals surface area contributed by atoms with Crippen LogP contribution >= 0.6 is 0 Å². The molecule has 1 amide bonds. The second kappa shape index (κ2) is 7.96. The van der Waals surface area contributed by atoms with E-state index in [1.807, 2.05) is 0 Å². The van der Waals surface area contributed by atoms with Crippen molar-refractivity contribution in [3.05, 3.63) is 0 Å². The average molecular weight is 284 g/mol. The SMILES string of the molecule is NC(=O)C1CCC(NCC(O)COC2CCCC2)CC1. The van der Waals surface area contributed by atoms with Crippen LogP contribution in [0.15, 0.2) is 0 Å². The second-order valence-corrected chi connectivity index (χ2v) is 6.25. The van der Waals surface area contributed by atoms with Crippen LogP contribution in [0.4, 0.5) is 0 Å². The molecule has 4 N–H and O–H groups in total. The quantitative estimate of drug-likeness (QED) is 0.649. The normalized spacial score (nSPS) is 29.4. The molecule has 5 nitrogen and oxygen atoms in total. The summed E-state index contributed by atoms with van der Waals surface area (Å²) < 4.78 is 5.70. The minimum absolute atomic E-state index is 0.0451. The van der Waals surface area contributed by atoms with Gasteiger partial charge in [0.05, 0.1) is 18.8 Å². The lowest BCUT2D eigenvalue weighted by molar-refractivity contribution is -0.122. The van der Waals surface area contributed by atoms with Crippen LogP contribution in [-0.2, 0) is 9.53 Å². The van der Waals surface area contributed by atoms with Gasteiger partial charge in [-0.05, 0) is 38.5 Å². The Bertz CT molecular complexity index is 297. The summed E-state index contributed by atoms with van der Waals surface area (Å²) in [5, 5.41) is 13.3. The van der Waals surface area contributed by atoms with Crippen LogP contribution in [0.1, 0.15) is 51.4 Å². The van der Waals surface area contributed by atoms with E-state index in [2.05, 4.69) is 5.32 Å². The molecule has 0 saturated heterocycles. The van der Waals surface area contributed by atoms with Gasteiger partial charge in [-0.25, -0.2) is 0 Å².